The lowest BCUT2D eigenvalue weighted by Crippen LogP contribution is -1.93. The summed E-state index contributed by atoms with van der Waals surface area (Å²) in [7, 11) is 0. The van der Waals surface area contributed by atoms with Crippen LogP contribution in [0.15, 0.2) is 73.3 Å². The van der Waals surface area contributed by atoms with Crippen LogP contribution in [0, 0.1) is 6.92 Å². The van der Waals surface area contributed by atoms with E-state index in [0.29, 0.717) is 0 Å². The summed E-state index contributed by atoms with van der Waals surface area (Å²) in [5.41, 5.74) is 4.91. The minimum atomic E-state index is 1.20. The SMILES string of the molecule is Cc1ccccc1/C(=C\n1ccnc1)c1ccccc1. The quantitative estimate of drug-likeness (QED) is 0.688. The van der Waals surface area contributed by atoms with E-state index < -0.39 is 0 Å². The molecule has 0 saturated carbocycles. The van der Waals surface area contributed by atoms with Crippen molar-refractivity contribution in [1.29, 1.82) is 0 Å². The van der Waals surface area contributed by atoms with E-state index in [0.717, 1.165) is 0 Å². The number of imidazole rings is 1. The van der Waals surface area contributed by atoms with E-state index in [9.17, 15) is 0 Å². The first kappa shape index (κ1) is 12.4. The van der Waals surface area contributed by atoms with Crippen molar-refractivity contribution in [2.24, 2.45) is 0 Å². The number of aryl methyl sites for hydroxylation is 1. The maximum atomic E-state index is 4.10. The van der Waals surface area contributed by atoms with Crippen molar-refractivity contribution in [2.75, 3.05) is 0 Å². The molecule has 0 saturated heterocycles. The molecule has 0 spiro atoms. The van der Waals surface area contributed by atoms with E-state index >= 15 is 0 Å². The molecule has 0 amide bonds. The highest BCUT2D eigenvalue weighted by molar-refractivity contribution is 5.88. The maximum Gasteiger partial charge on any atom is 0.0986 e. The van der Waals surface area contributed by atoms with Crippen LogP contribution >= 0.6 is 0 Å². The number of aromatic nitrogens is 2. The van der Waals surface area contributed by atoms with Crippen molar-refractivity contribution < 1.29 is 0 Å². The zero-order valence-corrected chi connectivity index (χ0v) is 11.4. The Bertz CT molecular complexity index is 710. The van der Waals surface area contributed by atoms with Gasteiger partial charge >= 0.3 is 0 Å². The molecular weight excluding hydrogens is 244 g/mol. The zero-order valence-electron chi connectivity index (χ0n) is 11.4. The predicted molar refractivity (Wildman–Crippen MR) is 83.1 cm³/mol. The van der Waals surface area contributed by atoms with Crippen LogP contribution in [0.2, 0.25) is 0 Å². The van der Waals surface area contributed by atoms with Crippen LogP contribution in [0.4, 0.5) is 0 Å². The Morgan fingerprint density at radius 2 is 1.75 bits per heavy atom. The van der Waals surface area contributed by atoms with Crippen LogP contribution in [0.5, 0.6) is 0 Å². The third kappa shape index (κ3) is 2.54. The average molecular weight is 260 g/mol. The smallest absolute Gasteiger partial charge is 0.0986 e. The van der Waals surface area contributed by atoms with Gasteiger partial charge in [0.1, 0.15) is 0 Å². The highest BCUT2D eigenvalue weighted by atomic mass is 15.0. The molecule has 3 aromatic rings. The van der Waals surface area contributed by atoms with Gasteiger partial charge in [0.05, 0.1) is 6.33 Å². The van der Waals surface area contributed by atoms with Gasteiger partial charge in [-0.1, -0.05) is 54.6 Å². The Kier molecular flexibility index (Phi) is 3.46. The summed E-state index contributed by atoms with van der Waals surface area (Å²) in [6.07, 6.45) is 7.66. The van der Waals surface area contributed by atoms with Gasteiger partial charge in [0, 0.05) is 24.2 Å². The van der Waals surface area contributed by atoms with Crippen molar-refractivity contribution in [2.45, 2.75) is 6.92 Å². The van der Waals surface area contributed by atoms with E-state index in [-0.39, 0.29) is 0 Å². The van der Waals surface area contributed by atoms with Gasteiger partial charge in [-0.3, -0.25) is 0 Å². The second-order valence-electron chi connectivity index (χ2n) is 4.73. The minimum Gasteiger partial charge on any atom is -0.312 e. The van der Waals surface area contributed by atoms with E-state index in [2.05, 4.69) is 66.6 Å². The number of hydrogen-bond acceptors (Lipinski definition) is 1. The Morgan fingerprint density at radius 3 is 2.45 bits per heavy atom. The summed E-state index contributed by atoms with van der Waals surface area (Å²) in [5.74, 6) is 0. The summed E-state index contributed by atoms with van der Waals surface area (Å²) in [4.78, 5) is 4.10. The third-order valence-corrected chi connectivity index (χ3v) is 3.32. The summed E-state index contributed by atoms with van der Waals surface area (Å²) in [6, 6.07) is 18.9. The van der Waals surface area contributed by atoms with Gasteiger partial charge in [-0.2, -0.15) is 0 Å². The predicted octanol–water partition coefficient (Wildman–Crippen LogP) is 4.24. The normalized spacial score (nSPS) is 11.6. The Balaban J connectivity index is 2.17. The zero-order chi connectivity index (χ0) is 13.8. The Morgan fingerprint density at radius 1 is 1.00 bits per heavy atom. The van der Waals surface area contributed by atoms with Crippen molar-refractivity contribution >= 4 is 11.8 Å². The standard InChI is InChI=1S/C18H16N2/c1-15-7-5-6-10-17(15)18(13-20-12-11-19-14-20)16-8-3-2-4-9-16/h2-14H,1H3/b18-13-. The molecule has 0 bridgehead atoms. The van der Waals surface area contributed by atoms with Gasteiger partial charge in [-0.05, 0) is 23.6 Å². The van der Waals surface area contributed by atoms with Crippen molar-refractivity contribution in [1.82, 2.24) is 9.55 Å². The van der Waals surface area contributed by atoms with Crippen LogP contribution in [-0.4, -0.2) is 9.55 Å². The second-order valence-corrected chi connectivity index (χ2v) is 4.73. The van der Waals surface area contributed by atoms with E-state index in [1.54, 1.807) is 12.5 Å². The lowest BCUT2D eigenvalue weighted by atomic mass is 9.95. The Hall–Kier alpha value is -2.61. The first-order chi connectivity index (χ1) is 9.84. The monoisotopic (exact) mass is 260 g/mol. The molecule has 1 aromatic heterocycles. The first-order valence-electron chi connectivity index (χ1n) is 6.65. The average Bonchev–Trinajstić information content (AvgIpc) is 3.00. The second kappa shape index (κ2) is 5.57. The van der Waals surface area contributed by atoms with E-state index in [1.807, 2.05) is 16.8 Å². The fraction of sp³-hybridized carbons (Fsp3) is 0.0556. The van der Waals surface area contributed by atoms with Crippen LogP contribution in [-0.2, 0) is 0 Å². The minimum absolute atomic E-state index is 1.20. The summed E-state index contributed by atoms with van der Waals surface area (Å²) in [5, 5.41) is 0. The number of benzene rings is 2. The number of hydrogen-bond donors (Lipinski definition) is 0. The highest BCUT2D eigenvalue weighted by Crippen LogP contribution is 2.26. The molecule has 0 aliphatic carbocycles. The van der Waals surface area contributed by atoms with Gasteiger partial charge in [0.25, 0.3) is 0 Å². The molecule has 3 rings (SSSR count). The fourth-order valence-corrected chi connectivity index (χ4v) is 2.29. The molecule has 0 atom stereocenters. The van der Waals surface area contributed by atoms with Gasteiger partial charge in [-0.15, -0.1) is 0 Å². The fourth-order valence-electron chi connectivity index (χ4n) is 2.29. The lowest BCUT2D eigenvalue weighted by Gasteiger charge is -2.11. The van der Waals surface area contributed by atoms with Crippen molar-refractivity contribution in [3.63, 3.8) is 0 Å². The molecule has 2 aromatic carbocycles. The lowest BCUT2D eigenvalue weighted by molar-refractivity contribution is 1.14. The molecule has 1 heterocycles. The molecule has 0 fully saturated rings. The van der Waals surface area contributed by atoms with Crippen LogP contribution in [0.25, 0.3) is 11.8 Å². The van der Waals surface area contributed by atoms with Gasteiger partial charge in [-0.25, -0.2) is 4.98 Å². The summed E-state index contributed by atoms with van der Waals surface area (Å²) >= 11 is 0. The molecule has 0 aliphatic rings. The molecule has 2 nitrogen and oxygen atoms in total. The van der Waals surface area contributed by atoms with Crippen molar-refractivity contribution in [3.05, 3.63) is 90.0 Å². The van der Waals surface area contributed by atoms with E-state index in [1.165, 1.54) is 22.3 Å². The van der Waals surface area contributed by atoms with Crippen LogP contribution in [0.3, 0.4) is 0 Å². The molecule has 20 heavy (non-hydrogen) atoms. The van der Waals surface area contributed by atoms with Gasteiger partial charge in [0.15, 0.2) is 0 Å². The van der Waals surface area contributed by atoms with E-state index in [4.69, 9.17) is 0 Å². The van der Waals surface area contributed by atoms with Gasteiger partial charge < -0.3 is 4.57 Å². The highest BCUT2D eigenvalue weighted by Gasteiger charge is 2.07. The molecule has 0 N–H and O–H groups in total. The van der Waals surface area contributed by atoms with Crippen LogP contribution in [0.1, 0.15) is 16.7 Å². The largest absolute Gasteiger partial charge is 0.312 e. The summed E-state index contributed by atoms with van der Waals surface area (Å²) in [6.45, 7) is 2.14. The Labute approximate surface area is 119 Å². The molecule has 0 aliphatic heterocycles. The molecule has 2 heteroatoms. The van der Waals surface area contributed by atoms with Crippen molar-refractivity contribution in [3.8, 4) is 0 Å². The third-order valence-electron chi connectivity index (χ3n) is 3.32. The topological polar surface area (TPSA) is 17.8 Å². The first-order valence-corrected chi connectivity index (χ1v) is 6.65. The number of rotatable bonds is 3. The molecular formula is C18H16N2. The maximum absolute atomic E-state index is 4.10. The van der Waals surface area contributed by atoms with Crippen LogP contribution < -0.4 is 0 Å². The summed E-state index contributed by atoms with van der Waals surface area (Å²) < 4.78 is 1.98. The number of nitrogens with zero attached hydrogens (tertiary/aromatic N) is 2. The molecule has 0 radical (unpaired) electrons. The molecule has 0 unspecified atom stereocenters. The van der Waals surface area contributed by atoms with Gasteiger partial charge in [0.2, 0.25) is 0 Å². The molecule has 98 valence electrons.